The molecule has 0 saturated heterocycles. The van der Waals surface area contributed by atoms with Crippen LogP contribution in [-0.4, -0.2) is 47.4 Å². The first-order valence-corrected chi connectivity index (χ1v) is 13.5. The smallest absolute Gasteiger partial charge is 0.264 e. The van der Waals surface area contributed by atoms with Gasteiger partial charge < -0.3 is 19.2 Å². The predicted molar refractivity (Wildman–Crippen MR) is 138 cm³/mol. The van der Waals surface area contributed by atoms with Crippen LogP contribution in [0.5, 0.6) is 11.5 Å². The quantitative estimate of drug-likeness (QED) is 0.360. The number of furan rings is 1. The number of amides is 1. The van der Waals surface area contributed by atoms with Gasteiger partial charge in [-0.3, -0.25) is 9.10 Å². The highest BCUT2D eigenvalue weighted by Gasteiger charge is 2.28. The predicted octanol–water partition coefficient (Wildman–Crippen LogP) is 4.16. The van der Waals surface area contributed by atoms with Crippen molar-refractivity contribution in [1.82, 2.24) is 5.32 Å². The summed E-state index contributed by atoms with van der Waals surface area (Å²) in [4.78, 5) is 12.8. The molecule has 0 aliphatic rings. The third-order valence-electron chi connectivity index (χ3n) is 5.12. The summed E-state index contributed by atoms with van der Waals surface area (Å²) in [5.41, 5.74) is 2.20. The van der Waals surface area contributed by atoms with Crippen molar-refractivity contribution in [3.63, 3.8) is 0 Å². The van der Waals surface area contributed by atoms with E-state index in [1.54, 1.807) is 30.2 Å². The van der Waals surface area contributed by atoms with E-state index in [1.807, 2.05) is 32.0 Å². The van der Waals surface area contributed by atoms with Crippen molar-refractivity contribution in [3.05, 3.63) is 71.7 Å². The molecule has 0 spiro atoms. The molecule has 3 rings (SSSR count). The highest BCUT2D eigenvalue weighted by molar-refractivity contribution is 7.98. The van der Waals surface area contributed by atoms with Crippen LogP contribution >= 0.6 is 11.8 Å². The minimum Gasteiger partial charge on any atom is -0.493 e. The van der Waals surface area contributed by atoms with Crippen molar-refractivity contribution in [3.8, 4) is 11.5 Å². The molecule has 0 aliphatic carbocycles. The summed E-state index contributed by atoms with van der Waals surface area (Å²) in [5, 5.41) is 2.82. The number of thioether (sulfide) groups is 1. The maximum atomic E-state index is 13.7. The van der Waals surface area contributed by atoms with Crippen molar-refractivity contribution in [1.29, 1.82) is 0 Å². The fourth-order valence-corrected chi connectivity index (χ4v) is 5.71. The second-order valence-electron chi connectivity index (χ2n) is 7.86. The molecule has 0 radical (unpaired) electrons. The molecule has 0 atom stereocenters. The topological polar surface area (TPSA) is 98.1 Å². The number of hydrogen-bond acceptors (Lipinski definition) is 7. The molecule has 0 bridgehead atoms. The van der Waals surface area contributed by atoms with Crippen LogP contribution < -0.4 is 19.1 Å². The minimum atomic E-state index is -4.09. The van der Waals surface area contributed by atoms with E-state index in [0.29, 0.717) is 29.5 Å². The largest absolute Gasteiger partial charge is 0.493 e. The number of hydrogen-bond donors (Lipinski definition) is 1. The average Bonchev–Trinajstić information content (AvgIpc) is 3.34. The fraction of sp³-hybridized carbons (Fsp3) is 0.320. The molecular formula is C25H30N2O6S2. The van der Waals surface area contributed by atoms with Crippen LogP contribution in [0.1, 0.15) is 16.9 Å². The monoisotopic (exact) mass is 518 g/mol. The molecule has 35 heavy (non-hydrogen) atoms. The van der Waals surface area contributed by atoms with Crippen molar-refractivity contribution in [2.45, 2.75) is 24.5 Å². The highest BCUT2D eigenvalue weighted by Crippen LogP contribution is 2.32. The molecule has 0 saturated carbocycles. The summed E-state index contributed by atoms with van der Waals surface area (Å²) in [6.07, 6.45) is 1.62. The van der Waals surface area contributed by atoms with Crippen LogP contribution in [0, 0.1) is 13.8 Å². The number of sulfonamides is 1. The Hall–Kier alpha value is -3.11. The van der Waals surface area contributed by atoms with E-state index >= 15 is 0 Å². The standard InChI is InChI=1S/C25H30N2O6S2/c1-18-12-19(2)14-20(13-18)27(16-25(28)26-9-11-34-17-21-6-5-10-33-21)35(29,30)22-7-8-23(31-3)24(15-22)32-4/h5-8,10,12-15H,9,11,16-17H2,1-4H3,(H,26,28). The summed E-state index contributed by atoms with van der Waals surface area (Å²) in [6.45, 7) is 3.81. The first kappa shape index (κ1) is 26.5. The zero-order valence-electron chi connectivity index (χ0n) is 20.2. The molecule has 1 heterocycles. The third-order valence-corrected chi connectivity index (χ3v) is 7.87. The Morgan fingerprint density at radius 1 is 1.03 bits per heavy atom. The lowest BCUT2D eigenvalue weighted by atomic mass is 10.1. The Kier molecular flexibility index (Phi) is 9.11. The number of carbonyl (C=O) groups is 1. The van der Waals surface area contributed by atoms with E-state index < -0.39 is 15.9 Å². The average molecular weight is 519 g/mol. The van der Waals surface area contributed by atoms with Crippen LogP contribution in [0.25, 0.3) is 0 Å². The van der Waals surface area contributed by atoms with E-state index in [-0.39, 0.29) is 17.2 Å². The van der Waals surface area contributed by atoms with Gasteiger partial charge in [-0.1, -0.05) is 6.07 Å². The van der Waals surface area contributed by atoms with Gasteiger partial charge in [0.15, 0.2) is 11.5 Å². The van der Waals surface area contributed by atoms with E-state index in [1.165, 1.54) is 32.4 Å². The fourth-order valence-electron chi connectivity index (χ4n) is 3.53. The molecule has 0 fully saturated rings. The number of nitrogens with one attached hydrogen (secondary N) is 1. The van der Waals surface area contributed by atoms with Crippen LogP contribution in [0.15, 0.2) is 64.1 Å². The van der Waals surface area contributed by atoms with Gasteiger partial charge in [0.05, 0.1) is 36.8 Å². The molecule has 0 unspecified atom stereocenters. The van der Waals surface area contributed by atoms with E-state index in [0.717, 1.165) is 21.2 Å². The number of nitrogens with zero attached hydrogens (tertiary/aromatic N) is 1. The molecule has 3 aromatic rings. The van der Waals surface area contributed by atoms with Crippen molar-refractivity contribution >= 4 is 33.4 Å². The van der Waals surface area contributed by atoms with Gasteiger partial charge in [0, 0.05) is 18.4 Å². The van der Waals surface area contributed by atoms with Crippen molar-refractivity contribution < 1.29 is 27.1 Å². The molecular weight excluding hydrogens is 488 g/mol. The SMILES string of the molecule is COc1ccc(S(=O)(=O)N(CC(=O)NCCSCc2ccco2)c2cc(C)cc(C)c2)cc1OC. The molecule has 1 aromatic heterocycles. The van der Waals surface area contributed by atoms with Crippen LogP contribution in [0.4, 0.5) is 5.69 Å². The summed E-state index contributed by atoms with van der Waals surface area (Å²) in [7, 11) is -1.17. The molecule has 8 nitrogen and oxygen atoms in total. The van der Waals surface area contributed by atoms with E-state index in [2.05, 4.69) is 5.32 Å². The maximum Gasteiger partial charge on any atom is 0.264 e. The molecule has 1 N–H and O–H groups in total. The molecule has 0 aliphatic heterocycles. The number of anilines is 1. The highest BCUT2D eigenvalue weighted by atomic mass is 32.2. The second-order valence-corrected chi connectivity index (χ2v) is 10.8. The van der Waals surface area contributed by atoms with Gasteiger partial charge in [-0.15, -0.1) is 0 Å². The zero-order valence-corrected chi connectivity index (χ0v) is 21.9. The molecule has 1 amide bonds. The summed E-state index contributed by atoms with van der Waals surface area (Å²) >= 11 is 1.62. The lowest BCUT2D eigenvalue weighted by Crippen LogP contribution is -2.41. The summed E-state index contributed by atoms with van der Waals surface area (Å²) in [5.74, 6) is 2.53. The first-order chi connectivity index (χ1) is 16.7. The first-order valence-electron chi connectivity index (χ1n) is 10.9. The Labute approximate surface area is 210 Å². The molecule has 188 valence electrons. The molecule has 10 heteroatoms. The lowest BCUT2D eigenvalue weighted by Gasteiger charge is -2.25. The van der Waals surface area contributed by atoms with Gasteiger partial charge >= 0.3 is 0 Å². The number of methoxy groups -OCH3 is 2. The van der Waals surface area contributed by atoms with Gasteiger partial charge in [0.2, 0.25) is 5.91 Å². The van der Waals surface area contributed by atoms with Crippen LogP contribution in [-0.2, 0) is 20.6 Å². The van der Waals surface area contributed by atoms with E-state index in [9.17, 15) is 13.2 Å². The number of carbonyl (C=O) groups excluding carboxylic acids is 1. The van der Waals surface area contributed by atoms with Crippen molar-refractivity contribution in [2.24, 2.45) is 0 Å². The minimum absolute atomic E-state index is 0.00360. The Balaban J connectivity index is 1.79. The van der Waals surface area contributed by atoms with Gasteiger partial charge in [0.25, 0.3) is 10.0 Å². The number of benzene rings is 2. The number of ether oxygens (including phenoxy) is 2. The number of aryl methyl sites for hydroxylation is 2. The van der Waals surface area contributed by atoms with E-state index in [4.69, 9.17) is 13.9 Å². The van der Waals surface area contributed by atoms with Gasteiger partial charge in [-0.25, -0.2) is 8.42 Å². The van der Waals surface area contributed by atoms with Gasteiger partial charge in [-0.2, -0.15) is 11.8 Å². The van der Waals surface area contributed by atoms with Gasteiger partial charge in [-0.05, 0) is 61.4 Å². The normalized spacial score (nSPS) is 11.2. The Bertz CT molecular complexity index is 1220. The van der Waals surface area contributed by atoms with Gasteiger partial charge in [0.1, 0.15) is 12.3 Å². The Morgan fingerprint density at radius 3 is 2.37 bits per heavy atom. The second kappa shape index (κ2) is 12.0. The summed E-state index contributed by atoms with van der Waals surface area (Å²) < 4.78 is 44.3. The van der Waals surface area contributed by atoms with Crippen LogP contribution in [0.3, 0.4) is 0 Å². The Morgan fingerprint density at radius 2 is 1.74 bits per heavy atom. The summed E-state index contributed by atoms with van der Waals surface area (Å²) in [6, 6.07) is 13.5. The zero-order chi connectivity index (χ0) is 25.4. The third kappa shape index (κ3) is 6.95. The maximum absolute atomic E-state index is 13.7. The number of rotatable bonds is 12. The molecule has 2 aromatic carbocycles. The van der Waals surface area contributed by atoms with Crippen molar-refractivity contribution in [2.75, 3.05) is 37.4 Å². The lowest BCUT2D eigenvalue weighted by molar-refractivity contribution is -0.119. The van der Waals surface area contributed by atoms with Crippen LogP contribution in [0.2, 0.25) is 0 Å².